The molecule has 0 fully saturated rings. The summed E-state index contributed by atoms with van der Waals surface area (Å²) in [5.74, 6) is 0.713. The highest BCUT2D eigenvalue weighted by atomic mass is 32.1. The van der Waals surface area contributed by atoms with Crippen molar-refractivity contribution in [2.75, 3.05) is 0 Å². The van der Waals surface area contributed by atoms with Gasteiger partial charge < -0.3 is 0 Å². The summed E-state index contributed by atoms with van der Waals surface area (Å²) < 4.78 is 2.64. The van der Waals surface area contributed by atoms with Gasteiger partial charge in [-0.3, -0.25) is 0 Å². The highest BCUT2D eigenvalue weighted by Crippen LogP contribution is 2.41. The minimum atomic E-state index is 0.713. The predicted molar refractivity (Wildman–Crippen MR) is 225 cm³/mol. The summed E-state index contributed by atoms with van der Waals surface area (Å²) in [6.07, 6.45) is 0. The number of aromatic nitrogens is 2. The lowest BCUT2D eigenvalue weighted by Gasteiger charge is -2.15. The van der Waals surface area contributed by atoms with E-state index in [4.69, 9.17) is 9.97 Å². The third kappa shape index (κ3) is 5.87. The van der Waals surface area contributed by atoms with Gasteiger partial charge in [0.05, 0.1) is 11.4 Å². The summed E-state index contributed by atoms with van der Waals surface area (Å²) in [5, 5.41) is 5.18. The molecular formula is C50H32N2S. The second-order valence-electron chi connectivity index (χ2n) is 13.4. The van der Waals surface area contributed by atoms with Gasteiger partial charge in [0.1, 0.15) is 0 Å². The van der Waals surface area contributed by atoms with E-state index in [0.717, 1.165) is 33.6 Å². The Bertz CT molecular complexity index is 2870. The molecule has 8 aromatic carbocycles. The largest absolute Gasteiger partial charge is 0.228 e. The molecule has 0 saturated carbocycles. The van der Waals surface area contributed by atoms with Gasteiger partial charge >= 0.3 is 0 Å². The van der Waals surface area contributed by atoms with Gasteiger partial charge in [-0.25, -0.2) is 9.97 Å². The fraction of sp³-hybridized carbons (Fsp3) is 0. The number of hydrogen-bond donors (Lipinski definition) is 0. The van der Waals surface area contributed by atoms with Crippen molar-refractivity contribution in [2.24, 2.45) is 0 Å². The van der Waals surface area contributed by atoms with E-state index in [1.54, 1.807) is 0 Å². The Morgan fingerprint density at radius 1 is 0.302 bits per heavy atom. The van der Waals surface area contributed by atoms with Crippen molar-refractivity contribution < 1.29 is 0 Å². The van der Waals surface area contributed by atoms with Crippen molar-refractivity contribution in [3.63, 3.8) is 0 Å². The predicted octanol–water partition coefficient (Wildman–Crippen LogP) is 14.0. The van der Waals surface area contributed by atoms with E-state index < -0.39 is 0 Å². The molecule has 0 atom stereocenters. The summed E-state index contributed by atoms with van der Waals surface area (Å²) in [5.41, 5.74) is 12.0. The summed E-state index contributed by atoms with van der Waals surface area (Å²) in [6, 6.07) is 69.3. The smallest absolute Gasteiger partial charge is 0.160 e. The van der Waals surface area contributed by atoms with Crippen LogP contribution in [0.1, 0.15) is 0 Å². The van der Waals surface area contributed by atoms with Crippen molar-refractivity contribution in [1.82, 2.24) is 9.97 Å². The van der Waals surface area contributed by atoms with Crippen molar-refractivity contribution in [1.29, 1.82) is 0 Å². The molecular weight excluding hydrogens is 661 g/mol. The molecule has 3 heteroatoms. The van der Waals surface area contributed by atoms with E-state index >= 15 is 0 Å². The van der Waals surface area contributed by atoms with Gasteiger partial charge in [0.2, 0.25) is 0 Å². The quantitative estimate of drug-likeness (QED) is 0.173. The molecule has 53 heavy (non-hydrogen) atoms. The van der Waals surface area contributed by atoms with Crippen LogP contribution in [0, 0.1) is 0 Å². The molecule has 2 aromatic heterocycles. The minimum absolute atomic E-state index is 0.713. The summed E-state index contributed by atoms with van der Waals surface area (Å²) >= 11 is 1.87. The Morgan fingerprint density at radius 3 is 1.62 bits per heavy atom. The molecule has 2 nitrogen and oxygen atoms in total. The van der Waals surface area contributed by atoms with E-state index in [1.807, 2.05) is 35.6 Å². The van der Waals surface area contributed by atoms with E-state index in [9.17, 15) is 0 Å². The van der Waals surface area contributed by atoms with Gasteiger partial charge in [-0.1, -0.05) is 152 Å². The van der Waals surface area contributed by atoms with Crippen LogP contribution in [0.2, 0.25) is 0 Å². The second kappa shape index (κ2) is 13.1. The third-order valence-electron chi connectivity index (χ3n) is 10.1. The fourth-order valence-electron chi connectivity index (χ4n) is 7.39. The van der Waals surface area contributed by atoms with Crippen LogP contribution in [-0.4, -0.2) is 9.97 Å². The zero-order chi connectivity index (χ0) is 35.1. The van der Waals surface area contributed by atoms with E-state index in [1.165, 1.54) is 58.8 Å². The molecule has 10 aromatic rings. The molecule has 0 aliphatic heterocycles. The third-order valence-corrected chi connectivity index (χ3v) is 11.2. The average molecular weight is 693 g/mol. The molecule has 0 bridgehead atoms. The van der Waals surface area contributed by atoms with Gasteiger partial charge in [0, 0.05) is 36.9 Å². The number of nitrogens with zero attached hydrogens (tertiary/aromatic N) is 2. The van der Waals surface area contributed by atoms with Crippen LogP contribution < -0.4 is 0 Å². The van der Waals surface area contributed by atoms with Gasteiger partial charge in [-0.2, -0.15) is 0 Å². The van der Waals surface area contributed by atoms with E-state index in [2.05, 4.69) is 170 Å². The monoisotopic (exact) mass is 692 g/mol. The van der Waals surface area contributed by atoms with Crippen LogP contribution in [-0.2, 0) is 0 Å². The van der Waals surface area contributed by atoms with Gasteiger partial charge in [-0.15, -0.1) is 11.3 Å². The van der Waals surface area contributed by atoms with Gasteiger partial charge in [0.15, 0.2) is 5.82 Å². The van der Waals surface area contributed by atoms with Crippen molar-refractivity contribution in [2.45, 2.75) is 0 Å². The highest BCUT2D eigenvalue weighted by molar-refractivity contribution is 7.25. The first-order valence-electron chi connectivity index (χ1n) is 17.9. The maximum absolute atomic E-state index is 5.12. The van der Waals surface area contributed by atoms with Gasteiger partial charge in [0.25, 0.3) is 0 Å². The van der Waals surface area contributed by atoms with Crippen LogP contribution in [0.25, 0.3) is 98.2 Å². The molecule has 0 radical (unpaired) electrons. The number of fused-ring (bicyclic) bond motifs is 4. The maximum Gasteiger partial charge on any atom is 0.160 e. The Kier molecular flexibility index (Phi) is 7.71. The Hall–Kier alpha value is -6.68. The lowest BCUT2D eigenvalue weighted by molar-refractivity contribution is 1.18. The first kappa shape index (κ1) is 31.1. The van der Waals surface area contributed by atoms with E-state index in [0.29, 0.717) is 5.82 Å². The molecule has 0 aliphatic carbocycles. The standard InChI is InChI=1S/C50H32N2S/c1-4-13-33(14-5-1)43-28-38(39-24-26-48-44(30-39)45-29-36-19-10-11-20-37(36)31-49(45)53-48)23-25-42(43)40-21-12-22-41(27-40)47-32-46(34-15-6-2-7-16-34)51-50(52-47)35-17-8-3-9-18-35/h1-32H. The number of hydrogen-bond acceptors (Lipinski definition) is 3. The molecule has 0 aliphatic rings. The molecule has 0 unspecified atom stereocenters. The first-order valence-corrected chi connectivity index (χ1v) is 18.7. The number of thiophene rings is 1. The molecule has 0 spiro atoms. The second-order valence-corrected chi connectivity index (χ2v) is 14.5. The lowest BCUT2D eigenvalue weighted by atomic mass is 9.90. The SMILES string of the molecule is c1ccc(-c2cc(-c3cccc(-c4ccc(-c5ccc6sc7cc8ccccc8cc7c6c5)cc4-c4ccccc4)c3)nc(-c3ccccc3)n2)cc1. The molecule has 0 amide bonds. The first-order chi connectivity index (χ1) is 26.2. The zero-order valence-electron chi connectivity index (χ0n) is 28.8. The van der Waals surface area contributed by atoms with Gasteiger partial charge in [-0.05, 0) is 86.6 Å². The average Bonchev–Trinajstić information content (AvgIpc) is 3.60. The van der Waals surface area contributed by atoms with Crippen molar-refractivity contribution in [3.8, 4) is 67.3 Å². The normalized spacial score (nSPS) is 11.4. The van der Waals surface area contributed by atoms with Crippen LogP contribution in [0.4, 0.5) is 0 Å². The molecule has 0 N–H and O–H groups in total. The minimum Gasteiger partial charge on any atom is -0.228 e. The molecule has 0 saturated heterocycles. The highest BCUT2D eigenvalue weighted by Gasteiger charge is 2.15. The van der Waals surface area contributed by atoms with E-state index in [-0.39, 0.29) is 0 Å². The Balaban J connectivity index is 1.10. The number of rotatable bonds is 6. The lowest BCUT2D eigenvalue weighted by Crippen LogP contribution is -1.96. The summed E-state index contributed by atoms with van der Waals surface area (Å²) in [4.78, 5) is 10.1. The maximum atomic E-state index is 5.12. The van der Waals surface area contributed by atoms with Crippen molar-refractivity contribution in [3.05, 3.63) is 194 Å². The summed E-state index contributed by atoms with van der Waals surface area (Å²) in [7, 11) is 0. The van der Waals surface area contributed by atoms with Crippen LogP contribution in [0.5, 0.6) is 0 Å². The van der Waals surface area contributed by atoms with Crippen LogP contribution in [0.15, 0.2) is 194 Å². The topological polar surface area (TPSA) is 25.8 Å². The Morgan fingerprint density at radius 2 is 0.868 bits per heavy atom. The Labute approximate surface area is 312 Å². The summed E-state index contributed by atoms with van der Waals surface area (Å²) in [6.45, 7) is 0. The van der Waals surface area contributed by atoms with Crippen LogP contribution >= 0.6 is 11.3 Å². The zero-order valence-corrected chi connectivity index (χ0v) is 29.6. The van der Waals surface area contributed by atoms with Crippen molar-refractivity contribution >= 4 is 42.3 Å². The van der Waals surface area contributed by atoms with Crippen LogP contribution in [0.3, 0.4) is 0 Å². The fourth-order valence-corrected chi connectivity index (χ4v) is 8.50. The molecule has 2 heterocycles. The molecule has 10 rings (SSSR count). The number of benzene rings is 8. The molecule has 248 valence electrons.